The molecule has 0 aromatic heterocycles. The Balaban J connectivity index is 2.34. The fourth-order valence-corrected chi connectivity index (χ4v) is 2.06. The zero-order valence-corrected chi connectivity index (χ0v) is 11.8. The van der Waals surface area contributed by atoms with Gasteiger partial charge in [0, 0.05) is 6.04 Å². The summed E-state index contributed by atoms with van der Waals surface area (Å²) in [4.78, 5) is 0. The monoisotopic (exact) mass is 233 g/mol. The highest BCUT2D eigenvalue weighted by Crippen LogP contribution is 2.12. The summed E-state index contributed by atoms with van der Waals surface area (Å²) in [6.07, 6.45) is 5.04. The lowest BCUT2D eigenvalue weighted by atomic mass is 9.98. The van der Waals surface area contributed by atoms with Crippen LogP contribution in [0.15, 0.2) is 24.3 Å². The summed E-state index contributed by atoms with van der Waals surface area (Å²) >= 11 is 0. The first-order chi connectivity index (χ1) is 8.11. The second-order valence-corrected chi connectivity index (χ2v) is 5.48. The van der Waals surface area contributed by atoms with Crippen molar-refractivity contribution in [2.75, 3.05) is 7.05 Å². The highest BCUT2D eigenvalue weighted by molar-refractivity contribution is 5.21. The molecule has 0 radical (unpaired) electrons. The van der Waals surface area contributed by atoms with E-state index in [0.29, 0.717) is 6.04 Å². The Morgan fingerprint density at radius 1 is 1.00 bits per heavy atom. The summed E-state index contributed by atoms with van der Waals surface area (Å²) in [6.45, 7) is 6.74. The Bertz CT molecular complexity index is 300. The SMILES string of the molecule is CNC(CCc1ccc(C)cc1)CCC(C)C. The Morgan fingerprint density at radius 2 is 1.65 bits per heavy atom. The van der Waals surface area contributed by atoms with Crippen LogP contribution in [0.4, 0.5) is 0 Å². The highest BCUT2D eigenvalue weighted by atomic mass is 14.9. The number of hydrogen-bond acceptors (Lipinski definition) is 1. The molecule has 1 rings (SSSR count). The van der Waals surface area contributed by atoms with Gasteiger partial charge in [-0.25, -0.2) is 0 Å². The van der Waals surface area contributed by atoms with E-state index in [4.69, 9.17) is 0 Å². The number of benzene rings is 1. The summed E-state index contributed by atoms with van der Waals surface area (Å²) in [6, 6.07) is 9.59. The van der Waals surface area contributed by atoms with Gasteiger partial charge in [0.15, 0.2) is 0 Å². The minimum absolute atomic E-state index is 0.665. The van der Waals surface area contributed by atoms with Crippen molar-refractivity contribution in [3.05, 3.63) is 35.4 Å². The molecule has 0 aliphatic rings. The van der Waals surface area contributed by atoms with Gasteiger partial charge in [-0.3, -0.25) is 0 Å². The molecule has 1 N–H and O–H groups in total. The highest BCUT2D eigenvalue weighted by Gasteiger charge is 2.07. The van der Waals surface area contributed by atoms with Crippen LogP contribution in [0.1, 0.15) is 44.2 Å². The van der Waals surface area contributed by atoms with Crippen LogP contribution in [0.5, 0.6) is 0 Å². The molecule has 1 heteroatoms. The normalized spacial score (nSPS) is 13.0. The lowest BCUT2D eigenvalue weighted by Crippen LogP contribution is -2.26. The van der Waals surface area contributed by atoms with E-state index in [1.807, 2.05) is 0 Å². The number of rotatable bonds is 7. The van der Waals surface area contributed by atoms with Crippen molar-refractivity contribution < 1.29 is 0 Å². The first-order valence-electron chi connectivity index (χ1n) is 6.84. The minimum atomic E-state index is 0.665. The van der Waals surface area contributed by atoms with Crippen LogP contribution in [0.3, 0.4) is 0 Å². The van der Waals surface area contributed by atoms with Gasteiger partial charge in [-0.1, -0.05) is 43.7 Å². The van der Waals surface area contributed by atoms with Crippen LogP contribution in [-0.4, -0.2) is 13.1 Å². The Labute approximate surface area is 107 Å². The van der Waals surface area contributed by atoms with Crippen LogP contribution in [0, 0.1) is 12.8 Å². The van der Waals surface area contributed by atoms with Crippen molar-refractivity contribution in [1.29, 1.82) is 0 Å². The molecule has 1 unspecified atom stereocenters. The largest absolute Gasteiger partial charge is 0.317 e. The molecule has 0 spiro atoms. The maximum atomic E-state index is 3.44. The topological polar surface area (TPSA) is 12.0 Å². The Morgan fingerprint density at radius 3 is 2.18 bits per heavy atom. The summed E-state index contributed by atoms with van der Waals surface area (Å²) in [7, 11) is 2.08. The van der Waals surface area contributed by atoms with Gasteiger partial charge in [-0.15, -0.1) is 0 Å². The van der Waals surface area contributed by atoms with E-state index in [2.05, 4.69) is 57.4 Å². The lowest BCUT2D eigenvalue weighted by Gasteiger charge is -2.17. The second kappa shape index (κ2) is 7.50. The van der Waals surface area contributed by atoms with Crippen LogP contribution in [0.25, 0.3) is 0 Å². The molecule has 96 valence electrons. The summed E-state index contributed by atoms with van der Waals surface area (Å²) in [5, 5.41) is 3.44. The predicted molar refractivity (Wildman–Crippen MR) is 76.4 cm³/mol. The predicted octanol–water partition coefficient (Wildman–Crippen LogP) is 3.95. The standard InChI is InChI=1S/C16H27N/c1-13(2)5-11-16(17-4)12-10-15-8-6-14(3)7-9-15/h6-9,13,16-17H,5,10-12H2,1-4H3. The van der Waals surface area contributed by atoms with Gasteiger partial charge in [0.25, 0.3) is 0 Å². The van der Waals surface area contributed by atoms with E-state index in [-0.39, 0.29) is 0 Å². The van der Waals surface area contributed by atoms with Crippen molar-refractivity contribution in [1.82, 2.24) is 5.32 Å². The zero-order valence-electron chi connectivity index (χ0n) is 11.8. The number of nitrogens with one attached hydrogen (secondary N) is 1. The van der Waals surface area contributed by atoms with Gasteiger partial charge in [-0.2, -0.15) is 0 Å². The van der Waals surface area contributed by atoms with Crippen LogP contribution in [0.2, 0.25) is 0 Å². The van der Waals surface area contributed by atoms with E-state index in [9.17, 15) is 0 Å². The van der Waals surface area contributed by atoms with Gasteiger partial charge in [0.05, 0.1) is 0 Å². The third kappa shape index (κ3) is 5.88. The summed E-state index contributed by atoms with van der Waals surface area (Å²) in [5.41, 5.74) is 2.80. The molecule has 0 fully saturated rings. The first kappa shape index (κ1) is 14.2. The van der Waals surface area contributed by atoms with Crippen molar-refractivity contribution in [2.24, 2.45) is 5.92 Å². The third-order valence-corrected chi connectivity index (χ3v) is 3.40. The molecule has 17 heavy (non-hydrogen) atoms. The van der Waals surface area contributed by atoms with E-state index in [1.54, 1.807) is 0 Å². The minimum Gasteiger partial charge on any atom is -0.317 e. The van der Waals surface area contributed by atoms with E-state index >= 15 is 0 Å². The molecule has 0 heterocycles. The molecule has 0 saturated carbocycles. The van der Waals surface area contributed by atoms with Gasteiger partial charge >= 0.3 is 0 Å². The molecule has 0 aliphatic heterocycles. The number of hydrogen-bond donors (Lipinski definition) is 1. The summed E-state index contributed by atoms with van der Waals surface area (Å²) < 4.78 is 0. The van der Waals surface area contributed by atoms with Crippen molar-refractivity contribution in [3.8, 4) is 0 Å². The molecule has 1 aromatic carbocycles. The molecule has 1 nitrogen and oxygen atoms in total. The summed E-state index contributed by atoms with van der Waals surface area (Å²) in [5.74, 6) is 0.810. The Kier molecular flexibility index (Phi) is 6.28. The fraction of sp³-hybridized carbons (Fsp3) is 0.625. The average molecular weight is 233 g/mol. The lowest BCUT2D eigenvalue weighted by molar-refractivity contribution is 0.433. The van der Waals surface area contributed by atoms with Gasteiger partial charge in [0.1, 0.15) is 0 Å². The maximum absolute atomic E-state index is 3.44. The smallest absolute Gasteiger partial charge is 0.00673 e. The van der Waals surface area contributed by atoms with E-state index in [0.717, 1.165) is 5.92 Å². The van der Waals surface area contributed by atoms with Crippen LogP contribution in [-0.2, 0) is 6.42 Å². The van der Waals surface area contributed by atoms with Gasteiger partial charge < -0.3 is 5.32 Å². The number of aryl methyl sites for hydroxylation is 2. The van der Waals surface area contributed by atoms with Crippen molar-refractivity contribution in [3.63, 3.8) is 0 Å². The van der Waals surface area contributed by atoms with E-state index < -0.39 is 0 Å². The van der Waals surface area contributed by atoms with Gasteiger partial charge in [-0.05, 0) is 51.1 Å². The first-order valence-corrected chi connectivity index (χ1v) is 6.84. The van der Waals surface area contributed by atoms with Gasteiger partial charge in [0.2, 0.25) is 0 Å². The second-order valence-electron chi connectivity index (χ2n) is 5.48. The Hall–Kier alpha value is -0.820. The van der Waals surface area contributed by atoms with Crippen molar-refractivity contribution in [2.45, 2.75) is 52.5 Å². The third-order valence-electron chi connectivity index (χ3n) is 3.40. The average Bonchev–Trinajstić information content (AvgIpc) is 2.31. The molecule has 0 bridgehead atoms. The zero-order chi connectivity index (χ0) is 12.7. The molecule has 1 aromatic rings. The molecular weight excluding hydrogens is 206 g/mol. The molecule has 0 aliphatic carbocycles. The van der Waals surface area contributed by atoms with Crippen molar-refractivity contribution >= 4 is 0 Å². The molecule has 0 amide bonds. The quantitative estimate of drug-likeness (QED) is 0.752. The molecule has 1 atom stereocenters. The molecule has 0 saturated heterocycles. The molecular formula is C16H27N. The van der Waals surface area contributed by atoms with E-state index in [1.165, 1.54) is 36.8 Å². The maximum Gasteiger partial charge on any atom is 0.00673 e. The fourth-order valence-electron chi connectivity index (χ4n) is 2.06. The van der Waals surface area contributed by atoms with Crippen LogP contribution < -0.4 is 5.32 Å². The van der Waals surface area contributed by atoms with Crippen LogP contribution >= 0.6 is 0 Å².